The molecule has 0 atom stereocenters. The van der Waals surface area contributed by atoms with Crippen molar-refractivity contribution in [3.05, 3.63) is 102 Å². The Labute approximate surface area is 211 Å². The third-order valence-corrected chi connectivity index (χ3v) is 6.48. The van der Waals surface area contributed by atoms with Crippen LogP contribution in [0.1, 0.15) is 65.3 Å². The SMILES string of the molecule is CC1(C)CC=CC=CN1C(=O)c1cccc(Nc2ccc(C(=O)Nc3ncccn3)cc2C2CC2)c1. The fraction of sp³-hybridized carbons (Fsp3) is 0.241. The molecule has 1 saturated carbocycles. The summed E-state index contributed by atoms with van der Waals surface area (Å²) < 4.78 is 0. The van der Waals surface area contributed by atoms with Gasteiger partial charge in [0.1, 0.15) is 0 Å². The average molecular weight is 480 g/mol. The molecule has 1 aromatic heterocycles. The van der Waals surface area contributed by atoms with E-state index in [0.29, 0.717) is 17.0 Å². The van der Waals surface area contributed by atoms with Crippen molar-refractivity contribution in [1.29, 1.82) is 0 Å². The average Bonchev–Trinajstić information content (AvgIpc) is 3.73. The van der Waals surface area contributed by atoms with Crippen LogP contribution in [0.25, 0.3) is 0 Å². The summed E-state index contributed by atoms with van der Waals surface area (Å²) >= 11 is 0. The Morgan fingerprint density at radius 1 is 0.972 bits per heavy atom. The number of rotatable bonds is 6. The van der Waals surface area contributed by atoms with Crippen molar-refractivity contribution in [3.8, 4) is 0 Å². The number of hydrogen-bond donors (Lipinski definition) is 2. The molecule has 0 saturated heterocycles. The van der Waals surface area contributed by atoms with Crippen molar-refractivity contribution in [2.75, 3.05) is 10.6 Å². The van der Waals surface area contributed by atoms with E-state index >= 15 is 0 Å². The molecule has 1 aliphatic carbocycles. The zero-order chi connectivity index (χ0) is 25.1. The summed E-state index contributed by atoms with van der Waals surface area (Å²) in [4.78, 5) is 36.1. The molecule has 36 heavy (non-hydrogen) atoms. The number of carbonyl (C=O) groups is 2. The number of aromatic nitrogens is 2. The van der Waals surface area contributed by atoms with Gasteiger partial charge in [-0.2, -0.15) is 0 Å². The summed E-state index contributed by atoms with van der Waals surface area (Å²) in [5.41, 5.74) is 3.72. The van der Waals surface area contributed by atoms with E-state index < -0.39 is 0 Å². The topological polar surface area (TPSA) is 87.2 Å². The quantitative estimate of drug-likeness (QED) is 0.450. The number of nitrogens with one attached hydrogen (secondary N) is 2. The summed E-state index contributed by atoms with van der Waals surface area (Å²) in [7, 11) is 0. The van der Waals surface area contributed by atoms with Crippen LogP contribution >= 0.6 is 0 Å². The Kier molecular flexibility index (Phi) is 6.38. The van der Waals surface area contributed by atoms with Gasteiger partial charge in [-0.05, 0) is 93.1 Å². The van der Waals surface area contributed by atoms with Crippen molar-refractivity contribution < 1.29 is 9.59 Å². The maximum Gasteiger partial charge on any atom is 0.258 e. The number of anilines is 3. The van der Waals surface area contributed by atoms with Crippen LogP contribution in [0, 0.1) is 0 Å². The zero-order valence-electron chi connectivity index (χ0n) is 20.4. The first-order valence-electron chi connectivity index (χ1n) is 12.2. The van der Waals surface area contributed by atoms with Crippen molar-refractivity contribution in [3.63, 3.8) is 0 Å². The molecule has 3 aromatic rings. The van der Waals surface area contributed by atoms with Crippen LogP contribution in [0.5, 0.6) is 0 Å². The van der Waals surface area contributed by atoms with Gasteiger partial charge in [0.15, 0.2) is 0 Å². The Morgan fingerprint density at radius 3 is 2.56 bits per heavy atom. The van der Waals surface area contributed by atoms with Gasteiger partial charge in [0.05, 0.1) is 0 Å². The van der Waals surface area contributed by atoms with Crippen molar-refractivity contribution >= 4 is 29.1 Å². The Balaban J connectivity index is 1.36. The highest BCUT2D eigenvalue weighted by Gasteiger charge is 2.30. The minimum Gasteiger partial charge on any atom is -0.355 e. The largest absolute Gasteiger partial charge is 0.355 e. The lowest BCUT2D eigenvalue weighted by molar-refractivity contribution is 0.0686. The van der Waals surface area contributed by atoms with Gasteiger partial charge in [0.2, 0.25) is 5.95 Å². The highest BCUT2D eigenvalue weighted by molar-refractivity contribution is 6.04. The monoisotopic (exact) mass is 479 g/mol. The molecule has 0 unspecified atom stereocenters. The molecular weight excluding hydrogens is 450 g/mol. The van der Waals surface area contributed by atoms with E-state index in [9.17, 15) is 9.59 Å². The number of hydrogen-bond acceptors (Lipinski definition) is 5. The second kappa shape index (κ2) is 9.77. The van der Waals surface area contributed by atoms with E-state index in [0.717, 1.165) is 36.2 Å². The summed E-state index contributed by atoms with van der Waals surface area (Å²) in [6.07, 6.45) is 13.9. The van der Waals surface area contributed by atoms with Gasteiger partial charge in [0, 0.05) is 46.6 Å². The molecule has 1 aliphatic heterocycles. The smallest absolute Gasteiger partial charge is 0.258 e. The van der Waals surface area contributed by atoms with Gasteiger partial charge in [-0.1, -0.05) is 18.2 Å². The molecule has 0 bridgehead atoms. The van der Waals surface area contributed by atoms with E-state index in [-0.39, 0.29) is 23.3 Å². The zero-order valence-corrected chi connectivity index (χ0v) is 20.4. The second-order valence-electron chi connectivity index (χ2n) is 9.77. The van der Waals surface area contributed by atoms with Crippen LogP contribution in [0.2, 0.25) is 0 Å². The van der Waals surface area contributed by atoms with Crippen molar-refractivity contribution in [2.24, 2.45) is 0 Å². The maximum absolute atomic E-state index is 13.4. The summed E-state index contributed by atoms with van der Waals surface area (Å²) in [5.74, 6) is 0.400. The van der Waals surface area contributed by atoms with Crippen LogP contribution in [-0.4, -0.2) is 32.2 Å². The van der Waals surface area contributed by atoms with E-state index in [1.165, 1.54) is 0 Å². The molecule has 5 rings (SSSR count). The molecule has 7 nitrogen and oxygen atoms in total. The Bertz CT molecular complexity index is 1340. The third kappa shape index (κ3) is 5.20. The fourth-order valence-electron chi connectivity index (χ4n) is 4.33. The lowest BCUT2D eigenvalue weighted by Crippen LogP contribution is -2.43. The highest BCUT2D eigenvalue weighted by atomic mass is 16.2. The summed E-state index contributed by atoms with van der Waals surface area (Å²) in [6, 6.07) is 14.9. The molecule has 7 heteroatoms. The van der Waals surface area contributed by atoms with E-state index in [4.69, 9.17) is 0 Å². The number of benzene rings is 2. The predicted molar refractivity (Wildman–Crippen MR) is 141 cm³/mol. The minimum atomic E-state index is -0.315. The number of allylic oxidation sites excluding steroid dienone is 2. The van der Waals surface area contributed by atoms with Gasteiger partial charge in [-0.3, -0.25) is 14.9 Å². The molecule has 2 aliphatic rings. The molecular formula is C29H29N5O2. The van der Waals surface area contributed by atoms with Crippen LogP contribution in [-0.2, 0) is 0 Å². The maximum atomic E-state index is 13.4. The van der Waals surface area contributed by atoms with Crippen molar-refractivity contribution in [2.45, 2.75) is 44.6 Å². The minimum absolute atomic E-state index is 0.0406. The van der Waals surface area contributed by atoms with Gasteiger partial charge >= 0.3 is 0 Å². The molecule has 2 heterocycles. The molecule has 0 spiro atoms. The Hall–Kier alpha value is -4.26. The third-order valence-electron chi connectivity index (χ3n) is 6.48. The first-order valence-corrected chi connectivity index (χ1v) is 12.2. The lowest BCUT2D eigenvalue weighted by Gasteiger charge is -2.35. The number of carbonyl (C=O) groups excluding carboxylic acids is 2. The van der Waals surface area contributed by atoms with Crippen LogP contribution in [0.4, 0.5) is 17.3 Å². The van der Waals surface area contributed by atoms with E-state index in [2.05, 4.69) is 40.5 Å². The number of nitrogens with zero attached hydrogens (tertiary/aromatic N) is 3. The predicted octanol–water partition coefficient (Wildman–Crippen LogP) is 6.04. The molecule has 2 amide bonds. The molecule has 1 fully saturated rings. The van der Waals surface area contributed by atoms with Gasteiger partial charge in [-0.25, -0.2) is 9.97 Å². The van der Waals surface area contributed by atoms with E-state index in [1.54, 1.807) is 29.4 Å². The van der Waals surface area contributed by atoms with Gasteiger partial charge in [-0.15, -0.1) is 0 Å². The molecule has 0 radical (unpaired) electrons. The van der Waals surface area contributed by atoms with Crippen molar-refractivity contribution in [1.82, 2.24) is 14.9 Å². The summed E-state index contributed by atoms with van der Waals surface area (Å²) in [5, 5.41) is 6.23. The molecule has 182 valence electrons. The van der Waals surface area contributed by atoms with Gasteiger partial charge < -0.3 is 10.2 Å². The lowest BCUT2D eigenvalue weighted by atomic mass is 9.97. The number of amides is 2. The van der Waals surface area contributed by atoms with Crippen LogP contribution < -0.4 is 10.6 Å². The summed E-state index contributed by atoms with van der Waals surface area (Å²) in [6.45, 7) is 4.13. The first kappa shape index (κ1) is 23.5. The molecule has 2 N–H and O–H groups in total. The standard InChI is InChI=1S/C29H29N5O2/c1-29(2)14-4-3-5-17-34(29)27(36)22-8-6-9-23(18-22)32-25-13-12-21(19-24(25)20-10-11-20)26(35)33-28-30-15-7-16-31-28/h3-9,12-13,15-20,32H,10-11,14H2,1-2H3,(H,30,31,33,35). The highest BCUT2D eigenvalue weighted by Crippen LogP contribution is 2.44. The van der Waals surface area contributed by atoms with Crippen LogP contribution in [0.3, 0.4) is 0 Å². The Morgan fingerprint density at radius 2 is 1.78 bits per heavy atom. The fourth-order valence-corrected chi connectivity index (χ4v) is 4.33. The molecule has 2 aromatic carbocycles. The van der Waals surface area contributed by atoms with E-state index in [1.807, 2.05) is 54.8 Å². The first-order chi connectivity index (χ1) is 17.4. The van der Waals surface area contributed by atoms with Gasteiger partial charge in [0.25, 0.3) is 11.8 Å². The normalized spacial score (nSPS) is 16.3. The second-order valence-corrected chi connectivity index (χ2v) is 9.77. The van der Waals surface area contributed by atoms with Crippen LogP contribution in [0.15, 0.2) is 85.4 Å².